The number of urea groups is 1. The van der Waals surface area contributed by atoms with Gasteiger partial charge in [0.05, 0.1) is 17.9 Å². The fourth-order valence-corrected chi connectivity index (χ4v) is 4.68. The molecule has 142 valence electrons. The molecule has 2 amide bonds. The zero-order chi connectivity index (χ0) is 19.9. The van der Waals surface area contributed by atoms with E-state index in [1.54, 1.807) is 12.1 Å². The quantitative estimate of drug-likeness (QED) is 0.659. The van der Waals surface area contributed by atoms with Crippen molar-refractivity contribution in [3.63, 3.8) is 0 Å². The number of anilines is 2. The maximum absolute atomic E-state index is 14.2. The van der Waals surface area contributed by atoms with Crippen LogP contribution in [0.5, 0.6) is 0 Å². The minimum Gasteiger partial charge on any atom is -0.287 e. The number of hydrogen-bond acceptors (Lipinski definition) is 3. The zero-order valence-corrected chi connectivity index (χ0v) is 15.2. The van der Waals surface area contributed by atoms with Crippen LogP contribution in [0, 0.1) is 11.6 Å². The van der Waals surface area contributed by atoms with Gasteiger partial charge >= 0.3 is 6.03 Å². The number of halogens is 2. The Balaban J connectivity index is 1.88. The first-order chi connectivity index (χ1) is 13.4. The fourth-order valence-electron chi connectivity index (χ4n) is 3.09. The van der Waals surface area contributed by atoms with Gasteiger partial charge in [0, 0.05) is 5.56 Å². The number of rotatable bonds is 3. The van der Waals surface area contributed by atoms with Crippen molar-refractivity contribution < 1.29 is 22.0 Å². The molecule has 1 heterocycles. The molecule has 3 aromatic carbocycles. The van der Waals surface area contributed by atoms with Crippen LogP contribution < -0.4 is 9.21 Å². The molecule has 8 heteroatoms. The van der Waals surface area contributed by atoms with E-state index in [2.05, 4.69) is 0 Å². The largest absolute Gasteiger partial charge is 0.343 e. The second-order valence-electron chi connectivity index (χ2n) is 6.17. The molecule has 0 saturated heterocycles. The van der Waals surface area contributed by atoms with Crippen LogP contribution in [0.1, 0.15) is 5.56 Å². The minimum atomic E-state index is -4.21. The van der Waals surface area contributed by atoms with Gasteiger partial charge in [0.25, 0.3) is 10.0 Å². The summed E-state index contributed by atoms with van der Waals surface area (Å²) in [5.74, 6) is -1.07. The number of nitrogens with zero attached hydrogens (tertiary/aromatic N) is 2. The van der Waals surface area contributed by atoms with Crippen LogP contribution in [0.2, 0.25) is 0 Å². The van der Waals surface area contributed by atoms with Gasteiger partial charge in [-0.25, -0.2) is 22.0 Å². The molecular formula is C20H14F2N2O3S. The van der Waals surface area contributed by atoms with Crippen LogP contribution in [0.25, 0.3) is 0 Å². The third kappa shape index (κ3) is 2.91. The summed E-state index contributed by atoms with van der Waals surface area (Å²) in [6.45, 7) is -0.157. The van der Waals surface area contributed by atoms with Crippen LogP contribution >= 0.6 is 0 Å². The summed E-state index contributed by atoms with van der Waals surface area (Å²) < 4.78 is 54.2. The highest BCUT2D eigenvalue weighted by Gasteiger charge is 2.42. The highest BCUT2D eigenvalue weighted by atomic mass is 32.2. The number of hydrogen-bond donors (Lipinski definition) is 0. The van der Waals surface area contributed by atoms with Crippen molar-refractivity contribution in [3.05, 3.63) is 90.0 Å². The summed E-state index contributed by atoms with van der Waals surface area (Å²) in [6.07, 6.45) is 0. The second-order valence-corrected chi connectivity index (χ2v) is 7.93. The molecule has 0 aromatic heterocycles. The van der Waals surface area contributed by atoms with Crippen molar-refractivity contribution in [1.82, 2.24) is 0 Å². The van der Waals surface area contributed by atoms with E-state index in [-0.39, 0.29) is 28.4 Å². The van der Waals surface area contributed by atoms with E-state index < -0.39 is 27.7 Å². The van der Waals surface area contributed by atoms with E-state index in [0.717, 1.165) is 12.1 Å². The lowest BCUT2D eigenvalue weighted by molar-refractivity contribution is 0.253. The van der Waals surface area contributed by atoms with Gasteiger partial charge in [0.15, 0.2) is 0 Å². The maximum atomic E-state index is 14.2. The maximum Gasteiger partial charge on any atom is 0.343 e. The Morgan fingerprint density at radius 3 is 2.18 bits per heavy atom. The third-order valence-electron chi connectivity index (χ3n) is 4.43. The summed E-state index contributed by atoms with van der Waals surface area (Å²) in [4.78, 5) is 14.3. The smallest absolute Gasteiger partial charge is 0.287 e. The van der Waals surface area contributed by atoms with Crippen molar-refractivity contribution in [2.24, 2.45) is 0 Å². The highest BCUT2D eigenvalue weighted by Crippen LogP contribution is 2.38. The molecule has 0 atom stereocenters. The van der Waals surface area contributed by atoms with E-state index in [1.165, 1.54) is 53.4 Å². The molecule has 0 saturated carbocycles. The van der Waals surface area contributed by atoms with Crippen molar-refractivity contribution >= 4 is 27.4 Å². The van der Waals surface area contributed by atoms with Crippen molar-refractivity contribution in [2.45, 2.75) is 11.4 Å². The Bertz CT molecular complexity index is 1160. The van der Waals surface area contributed by atoms with Crippen LogP contribution in [-0.4, -0.2) is 14.4 Å². The molecule has 1 aliphatic heterocycles. The van der Waals surface area contributed by atoms with Gasteiger partial charge in [-0.15, -0.1) is 0 Å². The predicted molar refractivity (Wildman–Crippen MR) is 100 cm³/mol. The van der Waals surface area contributed by atoms with Crippen LogP contribution in [0.15, 0.2) is 77.7 Å². The van der Waals surface area contributed by atoms with Gasteiger partial charge in [-0.05, 0) is 42.5 Å². The molecule has 0 unspecified atom stereocenters. The summed E-state index contributed by atoms with van der Waals surface area (Å²) in [6, 6.07) is 15.6. The molecule has 0 N–H and O–H groups in total. The molecule has 5 nitrogen and oxygen atoms in total. The first-order valence-electron chi connectivity index (χ1n) is 8.34. The van der Waals surface area contributed by atoms with E-state index >= 15 is 0 Å². The number of fused-ring (bicyclic) bond motifs is 1. The number of carbonyl (C=O) groups excluding carboxylic acids is 1. The van der Waals surface area contributed by atoms with Gasteiger partial charge < -0.3 is 0 Å². The molecule has 1 aliphatic rings. The lowest BCUT2D eigenvalue weighted by Gasteiger charge is -2.36. The number of amides is 2. The summed E-state index contributed by atoms with van der Waals surface area (Å²) >= 11 is 0. The number of sulfonamides is 1. The molecule has 0 aliphatic carbocycles. The molecular weight excluding hydrogens is 386 g/mol. The predicted octanol–water partition coefficient (Wildman–Crippen LogP) is 4.30. The summed E-state index contributed by atoms with van der Waals surface area (Å²) in [5.41, 5.74) is 0.401. The number of para-hydroxylation sites is 1. The van der Waals surface area contributed by atoms with Gasteiger partial charge in [0.1, 0.15) is 16.5 Å². The highest BCUT2D eigenvalue weighted by molar-refractivity contribution is 7.94. The van der Waals surface area contributed by atoms with Crippen molar-refractivity contribution in [1.29, 1.82) is 0 Å². The molecule has 0 spiro atoms. The Kier molecular flexibility index (Phi) is 4.35. The second kappa shape index (κ2) is 6.72. The molecule has 28 heavy (non-hydrogen) atoms. The zero-order valence-electron chi connectivity index (χ0n) is 14.4. The summed E-state index contributed by atoms with van der Waals surface area (Å²) in [5, 5.41) is 0. The van der Waals surface area contributed by atoms with Gasteiger partial charge in [-0.2, -0.15) is 4.31 Å². The number of carbonyl (C=O) groups is 1. The lowest BCUT2D eigenvalue weighted by Crippen LogP contribution is -2.50. The van der Waals surface area contributed by atoms with Gasteiger partial charge in [-0.3, -0.25) is 4.90 Å². The molecule has 0 bridgehead atoms. The number of benzene rings is 3. The fraction of sp³-hybridized carbons (Fsp3) is 0.0500. The first kappa shape index (κ1) is 18.1. The van der Waals surface area contributed by atoms with Crippen LogP contribution in [0.4, 0.5) is 25.0 Å². The topological polar surface area (TPSA) is 57.7 Å². The third-order valence-corrected chi connectivity index (χ3v) is 6.18. The Morgan fingerprint density at radius 1 is 0.821 bits per heavy atom. The average molecular weight is 400 g/mol. The SMILES string of the molecule is O=C1N(Cc2ccccc2F)c2ccccc2S(=O)(=O)N1c1ccc(F)cc1. The monoisotopic (exact) mass is 400 g/mol. The van der Waals surface area contributed by atoms with E-state index in [4.69, 9.17) is 0 Å². The van der Waals surface area contributed by atoms with Crippen molar-refractivity contribution in [2.75, 3.05) is 9.21 Å². The van der Waals surface area contributed by atoms with Gasteiger partial charge in [-0.1, -0.05) is 30.3 Å². The molecule has 3 aromatic rings. The minimum absolute atomic E-state index is 0.000522. The van der Waals surface area contributed by atoms with E-state index in [1.807, 2.05) is 0 Å². The lowest BCUT2D eigenvalue weighted by atomic mass is 10.2. The van der Waals surface area contributed by atoms with Crippen LogP contribution in [0.3, 0.4) is 0 Å². The normalized spacial score (nSPS) is 15.4. The van der Waals surface area contributed by atoms with Gasteiger partial charge in [0.2, 0.25) is 0 Å². The Labute approximate surface area is 160 Å². The molecule has 4 rings (SSSR count). The summed E-state index contributed by atoms with van der Waals surface area (Å²) in [7, 11) is -4.21. The standard InChI is InChI=1S/C20H14F2N2O3S/c21-15-9-11-16(12-10-15)24-20(25)23(13-14-5-1-2-6-17(14)22)18-7-3-4-8-19(18)28(24,26)27/h1-12H,13H2. The molecule has 0 radical (unpaired) electrons. The first-order valence-corrected chi connectivity index (χ1v) is 9.78. The van der Waals surface area contributed by atoms with E-state index in [9.17, 15) is 22.0 Å². The molecule has 0 fully saturated rings. The average Bonchev–Trinajstić information content (AvgIpc) is 2.68. The Morgan fingerprint density at radius 2 is 1.46 bits per heavy atom. The Hall–Kier alpha value is -3.26. The van der Waals surface area contributed by atoms with Crippen LogP contribution in [-0.2, 0) is 16.6 Å². The van der Waals surface area contributed by atoms with Crippen molar-refractivity contribution in [3.8, 4) is 0 Å². The van der Waals surface area contributed by atoms with E-state index in [0.29, 0.717) is 4.31 Å².